The summed E-state index contributed by atoms with van der Waals surface area (Å²) < 4.78 is 4.83. The number of allylic oxidation sites excluding steroid dienone is 2. The summed E-state index contributed by atoms with van der Waals surface area (Å²) in [4.78, 5) is 11.0. The third-order valence-corrected chi connectivity index (χ3v) is 9.59. The van der Waals surface area contributed by atoms with E-state index in [0.29, 0.717) is 35.5 Å². The van der Waals surface area contributed by atoms with Crippen LogP contribution in [0.2, 0.25) is 0 Å². The van der Waals surface area contributed by atoms with Gasteiger partial charge in [-0.05, 0) is 79.5 Å². The molecule has 0 unspecified atom stereocenters. The number of aliphatic imine (C=N–C) groups is 1. The first-order chi connectivity index (χ1) is 27.3. The van der Waals surface area contributed by atoms with E-state index in [1.54, 1.807) is 12.4 Å². The molecule has 0 aliphatic rings. The Morgan fingerprint density at radius 1 is 0.627 bits per heavy atom. The average Bonchev–Trinajstić information content (AvgIpc) is 3.15. The van der Waals surface area contributed by atoms with Crippen LogP contribution in [0.25, 0.3) is 5.32 Å². The first kappa shape index (κ1) is 55.2. The van der Waals surface area contributed by atoms with Crippen LogP contribution >= 0.6 is 0 Å². The van der Waals surface area contributed by atoms with E-state index in [4.69, 9.17) is 15.0 Å². The zero-order valence-electron chi connectivity index (χ0n) is 40.0. The molecule has 1 aromatic heterocycles. The molecule has 0 saturated carbocycles. The number of nitrogens with zero attached hydrogens (tertiary/aromatic N) is 4. The molecule has 6 nitrogen and oxygen atoms in total. The van der Waals surface area contributed by atoms with Crippen LogP contribution < -0.4 is 10.0 Å². The number of ether oxygens (including phenoxy) is 1. The summed E-state index contributed by atoms with van der Waals surface area (Å²) in [6.07, 6.45) is 5.69. The normalized spacial score (nSPS) is 11.5. The Kier molecular flexibility index (Phi) is 26.7. The maximum absolute atomic E-state index is 11.9. The van der Waals surface area contributed by atoms with E-state index >= 15 is 0 Å². The fraction of sp³-hybridized carbons (Fsp3) is 0.500. The van der Waals surface area contributed by atoms with E-state index in [0.717, 1.165) is 47.1 Å². The number of anilines is 1. The van der Waals surface area contributed by atoms with E-state index < -0.39 is 0 Å². The van der Waals surface area contributed by atoms with Crippen LogP contribution in [0.5, 0.6) is 5.75 Å². The Labute approximate surface area is 373 Å². The van der Waals surface area contributed by atoms with Gasteiger partial charge in [0.15, 0.2) is 0 Å². The van der Waals surface area contributed by atoms with Crippen molar-refractivity contribution < 1.29 is 28.4 Å². The molecule has 3 aromatic carbocycles. The molecule has 0 bridgehead atoms. The molecule has 0 N–H and O–H groups in total. The molecule has 4 rings (SSSR count). The van der Waals surface area contributed by atoms with Crippen molar-refractivity contribution in [1.29, 1.82) is 0 Å². The van der Waals surface area contributed by atoms with E-state index in [1.807, 2.05) is 63.2 Å². The van der Waals surface area contributed by atoms with E-state index in [-0.39, 0.29) is 24.3 Å². The standard InChI is InChI=1S/C29H41N2.C12H18O.C7H10N2.C4H10O.V/c1-18(2)24-13-11-14-25(19(3)4)28(24)30-22(9)17-23(10)31-29-26(20(5)6)15-12-16-27(29)21(7)8;1-8(2)10-6-5-7-11(9(3)4)12(10)13;1-9(2)7-3-5-8-6-4-7;1-3-5-4-2;/h11-21H,1-10H3;5-9,13H,1-4H3;3-6H,1-2H3;3-4H2,1-2H3;/q-1;;;;+2/p-1/b22-17-,31-23?;;;;. The molecule has 0 amide bonds. The van der Waals surface area contributed by atoms with Gasteiger partial charge < -0.3 is 20.1 Å². The summed E-state index contributed by atoms with van der Waals surface area (Å²) in [6.45, 7) is 35.9. The van der Waals surface area contributed by atoms with E-state index in [2.05, 4.69) is 144 Å². The Bertz CT molecular complexity index is 1750. The van der Waals surface area contributed by atoms with Crippen molar-refractivity contribution in [3.63, 3.8) is 0 Å². The molecule has 0 spiro atoms. The van der Waals surface area contributed by atoms with Gasteiger partial charge in [-0.3, -0.25) is 9.98 Å². The molecular formula is C52H78N4O2V. The van der Waals surface area contributed by atoms with Gasteiger partial charge in [0, 0.05) is 51.1 Å². The minimum absolute atomic E-state index is 0. The molecule has 323 valence electrons. The van der Waals surface area contributed by atoms with E-state index in [9.17, 15) is 5.11 Å². The zero-order valence-corrected chi connectivity index (χ0v) is 41.4. The average molecular weight is 842 g/mol. The van der Waals surface area contributed by atoms with Crippen molar-refractivity contribution in [2.24, 2.45) is 4.99 Å². The van der Waals surface area contributed by atoms with E-state index in [1.165, 1.54) is 27.9 Å². The number of pyridine rings is 1. The Hall–Kier alpha value is -3.84. The predicted molar refractivity (Wildman–Crippen MR) is 254 cm³/mol. The summed E-state index contributed by atoms with van der Waals surface area (Å²) in [5.74, 6) is 2.63. The molecule has 7 heteroatoms. The minimum Gasteiger partial charge on any atom is -0.872 e. The van der Waals surface area contributed by atoms with Crippen LogP contribution in [-0.2, 0) is 23.3 Å². The topological polar surface area (TPSA) is 74.9 Å². The van der Waals surface area contributed by atoms with Gasteiger partial charge in [0.05, 0.1) is 5.69 Å². The fourth-order valence-corrected chi connectivity index (χ4v) is 6.33. The van der Waals surface area contributed by atoms with Gasteiger partial charge in [-0.15, -0.1) is 11.4 Å². The van der Waals surface area contributed by atoms with Gasteiger partial charge >= 0.3 is 18.6 Å². The summed E-state index contributed by atoms with van der Waals surface area (Å²) in [5.41, 5.74) is 12.5. The second kappa shape index (κ2) is 28.6. The van der Waals surface area contributed by atoms with Gasteiger partial charge in [-0.1, -0.05) is 173 Å². The molecule has 1 radical (unpaired) electrons. The van der Waals surface area contributed by atoms with Crippen molar-refractivity contribution in [3.05, 3.63) is 130 Å². The SMILES string of the molecule is CC(/C=C(/C)[N-]c1c(C(C)C)cccc1C(C)C)=Nc1c(C(C)C)cccc1C(C)C.CC(C)c1cccc(C(C)C)c1[O-].CCOCC.CN(C)c1ccncc1.[V+2]. The monoisotopic (exact) mass is 842 g/mol. The zero-order chi connectivity index (χ0) is 44.1. The summed E-state index contributed by atoms with van der Waals surface area (Å²) in [5, 5.41) is 16.9. The first-order valence-electron chi connectivity index (χ1n) is 21.4. The second-order valence-electron chi connectivity index (χ2n) is 16.8. The largest absolute Gasteiger partial charge is 2.00 e. The number of rotatable bonds is 13. The van der Waals surface area contributed by atoms with Gasteiger partial charge in [0.1, 0.15) is 0 Å². The summed E-state index contributed by atoms with van der Waals surface area (Å²) in [6, 6.07) is 22.9. The summed E-state index contributed by atoms with van der Waals surface area (Å²) >= 11 is 0. The molecular weight excluding hydrogens is 764 g/mol. The van der Waals surface area contributed by atoms with Crippen LogP contribution in [0, 0.1) is 0 Å². The van der Waals surface area contributed by atoms with Crippen molar-refractivity contribution in [1.82, 2.24) is 4.98 Å². The van der Waals surface area contributed by atoms with Crippen molar-refractivity contribution in [2.75, 3.05) is 32.2 Å². The summed E-state index contributed by atoms with van der Waals surface area (Å²) in [7, 11) is 4.02. The Balaban J connectivity index is 0.000000974. The third kappa shape index (κ3) is 19.0. The number of para-hydroxylation sites is 3. The van der Waals surface area contributed by atoms with Crippen LogP contribution in [0.4, 0.5) is 17.1 Å². The number of aromatic nitrogens is 1. The Morgan fingerprint density at radius 2 is 0.983 bits per heavy atom. The maximum Gasteiger partial charge on any atom is 2.00 e. The molecule has 59 heavy (non-hydrogen) atoms. The smallest absolute Gasteiger partial charge is 0.872 e. The molecule has 0 saturated heterocycles. The van der Waals surface area contributed by atoms with Crippen LogP contribution in [0.3, 0.4) is 0 Å². The van der Waals surface area contributed by atoms with Crippen LogP contribution in [0.1, 0.15) is 180 Å². The minimum atomic E-state index is 0. The van der Waals surface area contributed by atoms with Crippen molar-refractivity contribution in [3.8, 4) is 5.75 Å². The van der Waals surface area contributed by atoms with Crippen LogP contribution in [-0.4, -0.2) is 38.0 Å². The molecule has 1 heterocycles. The molecule has 0 atom stereocenters. The molecule has 0 fully saturated rings. The van der Waals surface area contributed by atoms with Gasteiger partial charge in [-0.2, -0.15) is 5.70 Å². The van der Waals surface area contributed by atoms with Gasteiger partial charge in [0.2, 0.25) is 0 Å². The maximum atomic E-state index is 11.9. The van der Waals surface area contributed by atoms with Gasteiger partial charge in [0.25, 0.3) is 0 Å². The van der Waals surface area contributed by atoms with Gasteiger partial charge in [-0.25, -0.2) is 0 Å². The second-order valence-corrected chi connectivity index (χ2v) is 16.8. The Morgan fingerprint density at radius 3 is 1.29 bits per heavy atom. The molecule has 0 aliphatic heterocycles. The predicted octanol–water partition coefficient (Wildman–Crippen LogP) is 15.1. The van der Waals surface area contributed by atoms with Crippen molar-refractivity contribution in [2.45, 2.75) is 146 Å². The number of hydrogen-bond donors (Lipinski definition) is 0. The first-order valence-corrected chi connectivity index (χ1v) is 21.4. The molecule has 0 aliphatic carbocycles. The fourth-order valence-electron chi connectivity index (χ4n) is 6.33. The molecule has 4 aromatic rings. The van der Waals surface area contributed by atoms with Crippen molar-refractivity contribution >= 4 is 22.8 Å². The quantitative estimate of drug-likeness (QED) is 0.126. The number of hydrogen-bond acceptors (Lipinski definition) is 5. The number of benzene rings is 3. The third-order valence-electron chi connectivity index (χ3n) is 9.59. The van der Waals surface area contributed by atoms with Crippen LogP contribution in [0.15, 0.2) is 95.9 Å².